The first-order valence-electron chi connectivity index (χ1n) is 10.3. The number of aliphatic hydroxyl groups is 2. The van der Waals surface area contributed by atoms with Gasteiger partial charge < -0.3 is 25.3 Å². The number of nitrogens with one attached hydrogen (secondary N) is 2. The van der Waals surface area contributed by atoms with Crippen molar-refractivity contribution in [2.45, 2.75) is 43.9 Å². The predicted molar refractivity (Wildman–Crippen MR) is 112 cm³/mol. The third-order valence-corrected chi connectivity index (χ3v) is 5.86. The second kappa shape index (κ2) is 8.84. The lowest BCUT2D eigenvalue weighted by atomic mass is 9.75. The Morgan fingerprint density at radius 1 is 1.19 bits per heavy atom. The fourth-order valence-electron chi connectivity index (χ4n) is 4.06. The monoisotopic (exact) mass is 448 g/mol. The van der Waals surface area contributed by atoms with Gasteiger partial charge in [0.25, 0.3) is 0 Å². The fraction of sp³-hybridized carbons (Fsp3) is 0.348. The minimum absolute atomic E-state index is 0.145. The minimum Gasteiger partial charge on any atom is -0.446 e. The Kier molecular flexibility index (Phi) is 6.12. The van der Waals surface area contributed by atoms with Crippen molar-refractivity contribution in [1.82, 2.24) is 10.3 Å². The number of carbonyl (C=O) groups excluding carboxylic acids is 1. The van der Waals surface area contributed by atoms with Gasteiger partial charge in [-0.25, -0.2) is 18.0 Å². The number of halogens is 3. The van der Waals surface area contributed by atoms with Gasteiger partial charge in [-0.3, -0.25) is 0 Å². The Balaban J connectivity index is 1.57. The van der Waals surface area contributed by atoms with Crippen molar-refractivity contribution in [2.75, 3.05) is 6.61 Å². The lowest BCUT2D eigenvalue weighted by molar-refractivity contribution is 0.0288. The summed E-state index contributed by atoms with van der Waals surface area (Å²) < 4.78 is 47.1. The van der Waals surface area contributed by atoms with Crippen LogP contribution in [0.15, 0.2) is 36.4 Å². The molecular formula is C23H23F3N2O4. The van der Waals surface area contributed by atoms with E-state index in [4.69, 9.17) is 4.74 Å². The molecule has 1 aromatic heterocycles. The van der Waals surface area contributed by atoms with E-state index in [-0.39, 0.29) is 11.4 Å². The maximum atomic E-state index is 14.4. The average Bonchev–Trinajstić information content (AvgIpc) is 3.08. The van der Waals surface area contributed by atoms with Crippen LogP contribution in [0.5, 0.6) is 0 Å². The van der Waals surface area contributed by atoms with Crippen LogP contribution < -0.4 is 5.32 Å². The van der Waals surface area contributed by atoms with E-state index >= 15 is 0 Å². The van der Waals surface area contributed by atoms with E-state index in [1.807, 2.05) is 0 Å². The van der Waals surface area contributed by atoms with Crippen LogP contribution in [-0.2, 0) is 4.74 Å². The molecule has 0 saturated heterocycles. The molecule has 0 unspecified atom stereocenters. The van der Waals surface area contributed by atoms with Crippen molar-refractivity contribution >= 4 is 17.0 Å². The number of aliphatic hydroxyl groups excluding tert-OH is 2. The number of alkyl carbamates (subject to hydrolysis) is 1. The smallest absolute Gasteiger partial charge is 0.407 e. The third-order valence-electron chi connectivity index (χ3n) is 5.86. The molecule has 9 heteroatoms. The van der Waals surface area contributed by atoms with Gasteiger partial charge in [0.05, 0.1) is 30.0 Å². The van der Waals surface area contributed by atoms with E-state index in [2.05, 4.69) is 10.3 Å². The van der Waals surface area contributed by atoms with E-state index < -0.39 is 48.4 Å². The third kappa shape index (κ3) is 4.31. The number of benzene rings is 2. The molecule has 0 bridgehead atoms. The summed E-state index contributed by atoms with van der Waals surface area (Å²) >= 11 is 0. The van der Waals surface area contributed by atoms with Crippen molar-refractivity contribution in [2.24, 2.45) is 0 Å². The molecule has 1 amide bonds. The highest BCUT2D eigenvalue weighted by Gasteiger charge is 2.37. The standard InChI is InChI=1S/C23H23F3N2O4/c1-11(30)19(10-29)27-23(31)32-16-6-13(7-16)20-17-8-15(25)9-18(26)22(17)28-21(20)12-2-4-14(24)5-3-12/h2-5,8-9,11,13,16,19,28-30H,6-7,10H2,1H3,(H,27,31)/t11-,13-,16-,19-/m1/s1. The number of H-pyrrole nitrogens is 1. The number of aromatic nitrogens is 1. The summed E-state index contributed by atoms with van der Waals surface area (Å²) in [4.78, 5) is 15.0. The second-order valence-corrected chi connectivity index (χ2v) is 8.10. The average molecular weight is 448 g/mol. The van der Waals surface area contributed by atoms with Gasteiger partial charge >= 0.3 is 6.09 Å². The molecule has 2 aromatic carbocycles. The highest BCUT2D eigenvalue weighted by atomic mass is 19.1. The predicted octanol–water partition coefficient (Wildman–Crippen LogP) is 3.97. The van der Waals surface area contributed by atoms with Gasteiger partial charge in [-0.1, -0.05) is 0 Å². The summed E-state index contributed by atoms with van der Waals surface area (Å²) in [5.41, 5.74) is 2.03. The van der Waals surface area contributed by atoms with Crippen molar-refractivity contribution in [3.63, 3.8) is 0 Å². The highest BCUT2D eigenvalue weighted by Crippen LogP contribution is 2.46. The maximum Gasteiger partial charge on any atom is 0.407 e. The fourth-order valence-corrected chi connectivity index (χ4v) is 4.06. The van der Waals surface area contributed by atoms with Crippen LogP contribution in [0.1, 0.15) is 31.2 Å². The summed E-state index contributed by atoms with van der Waals surface area (Å²) in [5.74, 6) is -1.99. The Morgan fingerprint density at radius 3 is 2.50 bits per heavy atom. The van der Waals surface area contributed by atoms with Gasteiger partial charge in [0.2, 0.25) is 0 Å². The van der Waals surface area contributed by atoms with Crippen LogP contribution in [0.3, 0.4) is 0 Å². The van der Waals surface area contributed by atoms with Gasteiger partial charge in [-0.15, -0.1) is 0 Å². The van der Waals surface area contributed by atoms with E-state index in [1.165, 1.54) is 25.1 Å². The molecule has 0 spiro atoms. The zero-order valence-electron chi connectivity index (χ0n) is 17.2. The highest BCUT2D eigenvalue weighted by molar-refractivity contribution is 5.92. The largest absolute Gasteiger partial charge is 0.446 e. The molecule has 1 aliphatic rings. The number of fused-ring (bicyclic) bond motifs is 1. The molecule has 0 radical (unpaired) electrons. The van der Waals surface area contributed by atoms with Crippen molar-refractivity contribution in [3.8, 4) is 11.3 Å². The first-order chi connectivity index (χ1) is 15.3. The van der Waals surface area contributed by atoms with Gasteiger partial charge in [-0.2, -0.15) is 0 Å². The molecule has 32 heavy (non-hydrogen) atoms. The Morgan fingerprint density at radius 2 is 1.88 bits per heavy atom. The number of aromatic amines is 1. The molecule has 2 atom stereocenters. The molecule has 6 nitrogen and oxygen atoms in total. The van der Waals surface area contributed by atoms with Crippen LogP contribution in [0.25, 0.3) is 22.2 Å². The van der Waals surface area contributed by atoms with Crippen LogP contribution in [0.4, 0.5) is 18.0 Å². The summed E-state index contributed by atoms with van der Waals surface area (Å²) in [5, 5.41) is 21.5. The van der Waals surface area contributed by atoms with Crippen molar-refractivity contribution < 1.29 is 32.9 Å². The first kappa shape index (κ1) is 22.2. The van der Waals surface area contributed by atoms with Crippen molar-refractivity contribution in [3.05, 3.63) is 59.4 Å². The zero-order valence-corrected chi connectivity index (χ0v) is 17.2. The molecular weight excluding hydrogens is 425 g/mol. The molecule has 4 N–H and O–H groups in total. The Bertz CT molecular complexity index is 1120. The molecule has 4 rings (SSSR count). The quantitative estimate of drug-likeness (QED) is 0.459. The van der Waals surface area contributed by atoms with Crippen LogP contribution in [-0.4, -0.2) is 46.1 Å². The molecule has 1 fully saturated rings. The summed E-state index contributed by atoms with van der Waals surface area (Å²) in [6.07, 6.45) is -1.30. The molecule has 3 aromatic rings. The van der Waals surface area contributed by atoms with E-state index in [0.29, 0.717) is 35.0 Å². The van der Waals surface area contributed by atoms with Crippen molar-refractivity contribution in [1.29, 1.82) is 0 Å². The first-order valence-corrected chi connectivity index (χ1v) is 10.3. The molecule has 0 aliphatic heterocycles. The topological polar surface area (TPSA) is 94.6 Å². The lowest BCUT2D eigenvalue weighted by Crippen LogP contribution is -2.46. The number of carbonyl (C=O) groups is 1. The van der Waals surface area contributed by atoms with Gasteiger partial charge in [0.15, 0.2) is 0 Å². The minimum atomic E-state index is -0.948. The van der Waals surface area contributed by atoms with E-state index in [9.17, 15) is 28.2 Å². The van der Waals surface area contributed by atoms with E-state index in [1.54, 1.807) is 12.1 Å². The lowest BCUT2D eigenvalue weighted by Gasteiger charge is -2.35. The van der Waals surface area contributed by atoms with Gasteiger partial charge in [-0.05, 0) is 67.1 Å². The summed E-state index contributed by atoms with van der Waals surface area (Å²) in [6.45, 7) is 1.00. The molecule has 1 heterocycles. The Labute approximate surface area is 182 Å². The molecule has 1 saturated carbocycles. The second-order valence-electron chi connectivity index (χ2n) is 8.10. The van der Waals surface area contributed by atoms with Crippen LogP contribution in [0.2, 0.25) is 0 Å². The number of rotatable bonds is 6. The molecule has 1 aliphatic carbocycles. The number of hydrogen-bond donors (Lipinski definition) is 4. The molecule has 170 valence electrons. The van der Waals surface area contributed by atoms with Crippen LogP contribution in [0, 0.1) is 17.5 Å². The van der Waals surface area contributed by atoms with Crippen LogP contribution >= 0.6 is 0 Å². The number of ether oxygens (including phenoxy) is 1. The SMILES string of the molecule is C[C@@H](O)[C@@H](CO)NC(=O)O[C@H]1C[C@H](c2c(-c3ccc(F)cc3)[nH]c3c(F)cc(F)cc32)C1. The Hall–Kier alpha value is -3.04. The zero-order chi connectivity index (χ0) is 23.0. The maximum absolute atomic E-state index is 14.4. The van der Waals surface area contributed by atoms with Gasteiger partial charge in [0.1, 0.15) is 23.6 Å². The number of hydrogen-bond acceptors (Lipinski definition) is 4. The normalized spacial score (nSPS) is 19.9. The number of amides is 1. The van der Waals surface area contributed by atoms with Gasteiger partial charge in [0, 0.05) is 11.5 Å². The summed E-state index contributed by atoms with van der Waals surface area (Å²) in [6, 6.07) is 6.91. The van der Waals surface area contributed by atoms with E-state index in [0.717, 1.165) is 6.07 Å². The summed E-state index contributed by atoms with van der Waals surface area (Å²) in [7, 11) is 0.